The summed E-state index contributed by atoms with van der Waals surface area (Å²) >= 11 is 0. The zero-order valence-corrected chi connectivity index (χ0v) is 10.8. The van der Waals surface area contributed by atoms with Gasteiger partial charge in [-0.05, 0) is 19.3 Å². The van der Waals surface area contributed by atoms with Crippen LogP contribution in [0.1, 0.15) is 56.5 Å². The third-order valence-corrected chi connectivity index (χ3v) is 3.73. The van der Waals surface area contributed by atoms with Gasteiger partial charge in [-0.15, -0.1) is 6.58 Å². The summed E-state index contributed by atoms with van der Waals surface area (Å²) in [5, 5.41) is 0. The number of anilines is 1. The molecular formula is C14H23N3. The quantitative estimate of drug-likeness (QED) is 0.811. The van der Waals surface area contributed by atoms with Gasteiger partial charge in [-0.3, -0.25) is 0 Å². The third-order valence-electron chi connectivity index (χ3n) is 3.73. The average Bonchev–Trinajstić information content (AvgIpc) is 2.69. The predicted octanol–water partition coefficient (Wildman–Crippen LogP) is 3.26. The molecule has 0 radical (unpaired) electrons. The van der Waals surface area contributed by atoms with E-state index in [0.29, 0.717) is 5.92 Å². The molecule has 2 rings (SSSR count). The Kier molecular flexibility index (Phi) is 3.87. The molecule has 94 valence electrons. The normalized spacial score (nSPS) is 17.2. The number of imidazole rings is 1. The average molecular weight is 233 g/mol. The molecule has 0 atom stereocenters. The second kappa shape index (κ2) is 5.39. The van der Waals surface area contributed by atoms with Gasteiger partial charge in [-0.1, -0.05) is 32.3 Å². The van der Waals surface area contributed by atoms with E-state index in [1.807, 2.05) is 6.08 Å². The van der Waals surface area contributed by atoms with E-state index in [1.54, 1.807) is 0 Å². The topological polar surface area (TPSA) is 43.8 Å². The lowest BCUT2D eigenvalue weighted by atomic mass is 9.88. The fourth-order valence-corrected chi connectivity index (χ4v) is 2.79. The zero-order chi connectivity index (χ0) is 12.3. The van der Waals surface area contributed by atoms with Gasteiger partial charge >= 0.3 is 0 Å². The first-order valence-electron chi connectivity index (χ1n) is 6.73. The molecule has 1 aromatic rings. The fraction of sp³-hybridized carbons (Fsp3) is 0.643. The number of nitrogens with zero attached hydrogens (tertiary/aromatic N) is 2. The van der Waals surface area contributed by atoms with Crippen molar-refractivity contribution in [3.63, 3.8) is 0 Å². The number of hydrogen-bond donors (Lipinski definition) is 1. The Morgan fingerprint density at radius 3 is 2.71 bits per heavy atom. The van der Waals surface area contributed by atoms with Crippen LogP contribution in [0.15, 0.2) is 12.7 Å². The van der Waals surface area contributed by atoms with Crippen LogP contribution in [0.4, 0.5) is 5.82 Å². The van der Waals surface area contributed by atoms with Crippen LogP contribution in [0.5, 0.6) is 0 Å². The van der Waals surface area contributed by atoms with Crippen LogP contribution in [0, 0.1) is 0 Å². The van der Waals surface area contributed by atoms with Crippen LogP contribution in [0.25, 0.3) is 0 Å². The summed E-state index contributed by atoms with van der Waals surface area (Å²) in [7, 11) is 0. The van der Waals surface area contributed by atoms with E-state index in [-0.39, 0.29) is 0 Å². The summed E-state index contributed by atoms with van der Waals surface area (Å²) in [5.74, 6) is 2.64. The second-order valence-electron chi connectivity index (χ2n) is 4.89. The highest BCUT2D eigenvalue weighted by Gasteiger charge is 2.23. The number of nitrogen functional groups attached to an aromatic ring is 1. The highest BCUT2D eigenvalue weighted by Crippen LogP contribution is 2.33. The Labute approximate surface area is 104 Å². The molecule has 0 spiro atoms. The molecule has 2 N–H and O–H groups in total. The fourth-order valence-electron chi connectivity index (χ4n) is 2.79. The van der Waals surface area contributed by atoms with Crippen LogP contribution < -0.4 is 5.73 Å². The van der Waals surface area contributed by atoms with Crippen molar-refractivity contribution in [3.05, 3.63) is 24.2 Å². The Hall–Kier alpha value is -1.25. The van der Waals surface area contributed by atoms with E-state index in [4.69, 9.17) is 10.7 Å². The molecule has 0 aliphatic heterocycles. The van der Waals surface area contributed by atoms with Crippen molar-refractivity contribution in [2.45, 2.75) is 57.9 Å². The van der Waals surface area contributed by atoms with Crippen LogP contribution in [-0.4, -0.2) is 9.55 Å². The molecule has 0 amide bonds. The summed E-state index contributed by atoms with van der Waals surface area (Å²) in [5.41, 5.74) is 7.21. The first-order chi connectivity index (χ1) is 8.27. The number of allylic oxidation sites excluding steroid dienone is 1. The minimum Gasteiger partial charge on any atom is -0.384 e. The van der Waals surface area contributed by atoms with E-state index in [2.05, 4.69) is 18.1 Å². The molecule has 1 aromatic heterocycles. The van der Waals surface area contributed by atoms with Gasteiger partial charge < -0.3 is 10.3 Å². The second-order valence-corrected chi connectivity index (χ2v) is 4.89. The molecule has 0 aromatic carbocycles. The standard InChI is InChI=1S/C14H23N3/c1-3-10-17-13(15)12(4-2)16-14(17)11-8-6-5-7-9-11/h3,11H,1,4-10,15H2,2H3. The first-order valence-corrected chi connectivity index (χ1v) is 6.73. The highest BCUT2D eigenvalue weighted by atomic mass is 15.1. The monoisotopic (exact) mass is 233 g/mol. The number of aromatic nitrogens is 2. The maximum absolute atomic E-state index is 6.16. The van der Waals surface area contributed by atoms with Gasteiger partial charge in [0.1, 0.15) is 11.6 Å². The van der Waals surface area contributed by atoms with Crippen molar-refractivity contribution in [1.29, 1.82) is 0 Å². The smallest absolute Gasteiger partial charge is 0.127 e. The third kappa shape index (κ3) is 2.38. The molecule has 0 bridgehead atoms. The van der Waals surface area contributed by atoms with Gasteiger partial charge in [0.25, 0.3) is 0 Å². The van der Waals surface area contributed by atoms with Crippen molar-refractivity contribution in [2.75, 3.05) is 5.73 Å². The largest absolute Gasteiger partial charge is 0.384 e. The van der Waals surface area contributed by atoms with Gasteiger partial charge in [-0.2, -0.15) is 0 Å². The van der Waals surface area contributed by atoms with Crippen LogP contribution in [-0.2, 0) is 13.0 Å². The lowest BCUT2D eigenvalue weighted by molar-refractivity contribution is 0.419. The van der Waals surface area contributed by atoms with E-state index in [9.17, 15) is 0 Å². The number of rotatable bonds is 4. The molecule has 3 nitrogen and oxygen atoms in total. The number of hydrogen-bond acceptors (Lipinski definition) is 2. The Morgan fingerprint density at radius 2 is 2.12 bits per heavy atom. The molecule has 1 aliphatic rings. The molecular weight excluding hydrogens is 210 g/mol. The van der Waals surface area contributed by atoms with E-state index < -0.39 is 0 Å². The Morgan fingerprint density at radius 1 is 1.41 bits per heavy atom. The van der Waals surface area contributed by atoms with Crippen LogP contribution >= 0.6 is 0 Å². The summed E-state index contributed by atoms with van der Waals surface area (Å²) in [6, 6.07) is 0. The maximum atomic E-state index is 6.16. The van der Waals surface area contributed by atoms with Crippen LogP contribution in [0.2, 0.25) is 0 Å². The lowest BCUT2D eigenvalue weighted by Gasteiger charge is -2.22. The lowest BCUT2D eigenvalue weighted by Crippen LogP contribution is -2.13. The van der Waals surface area contributed by atoms with Crippen molar-refractivity contribution in [1.82, 2.24) is 9.55 Å². The molecule has 1 heterocycles. The van der Waals surface area contributed by atoms with Crippen LogP contribution in [0.3, 0.4) is 0 Å². The summed E-state index contributed by atoms with van der Waals surface area (Å²) < 4.78 is 2.15. The van der Waals surface area contributed by atoms with Gasteiger partial charge in [0.05, 0.1) is 5.69 Å². The van der Waals surface area contributed by atoms with E-state index in [0.717, 1.165) is 24.5 Å². The van der Waals surface area contributed by atoms with Crippen molar-refractivity contribution in [3.8, 4) is 0 Å². The van der Waals surface area contributed by atoms with Gasteiger partial charge in [0, 0.05) is 12.5 Å². The summed E-state index contributed by atoms with van der Waals surface area (Å²) in [6.45, 7) is 6.71. The van der Waals surface area contributed by atoms with E-state index in [1.165, 1.54) is 37.9 Å². The molecule has 1 aliphatic carbocycles. The SMILES string of the molecule is C=CCn1c(C2CCCCC2)nc(CC)c1N. The molecule has 1 saturated carbocycles. The Balaban J connectivity index is 2.32. The van der Waals surface area contributed by atoms with Crippen molar-refractivity contribution in [2.24, 2.45) is 0 Å². The molecule has 0 unspecified atom stereocenters. The maximum Gasteiger partial charge on any atom is 0.127 e. The van der Waals surface area contributed by atoms with Gasteiger partial charge in [0.15, 0.2) is 0 Å². The minimum absolute atomic E-state index is 0.603. The summed E-state index contributed by atoms with van der Waals surface area (Å²) in [6.07, 6.45) is 9.36. The van der Waals surface area contributed by atoms with Gasteiger partial charge in [0.2, 0.25) is 0 Å². The first kappa shape index (κ1) is 12.2. The molecule has 3 heteroatoms. The van der Waals surface area contributed by atoms with E-state index >= 15 is 0 Å². The van der Waals surface area contributed by atoms with Crippen molar-refractivity contribution >= 4 is 5.82 Å². The molecule has 1 fully saturated rings. The predicted molar refractivity (Wildman–Crippen MR) is 72.0 cm³/mol. The van der Waals surface area contributed by atoms with Crippen molar-refractivity contribution < 1.29 is 0 Å². The number of nitrogens with two attached hydrogens (primary N) is 1. The summed E-state index contributed by atoms with van der Waals surface area (Å²) in [4.78, 5) is 4.76. The number of aryl methyl sites for hydroxylation is 1. The zero-order valence-electron chi connectivity index (χ0n) is 10.8. The minimum atomic E-state index is 0.603. The van der Waals surface area contributed by atoms with Gasteiger partial charge in [-0.25, -0.2) is 4.98 Å². The molecule has 17 heavy (non-hydrogen) atoms. The highest BCUT2D eigenvalue weighted by molar-refractivity contribution is 5.39. The Bertz CT molecular complexity index is 386. The molecule has 0 saturated heterocycles.